The van der Waals surface area contributed by atoms with Crippen molar-refractivity contribution >= 4 is 35.1 Å². The van der Waals surface area contributed by atoms with Gasteiger partial charge in [-0.15, -0.1) is 0 Å². The summed E-state index contributed by atoms with van der Waals surface area (Å²) in [7, 11) is 0. The summed E-state index contributed by atoms with van der Waals surface area (Å²) in [5.41, 5.74) is 3.41. The third-order valence-electron chi connectivity index (χ3n) is 5.05. The Morgan fingerprint density at radius 3 is 2.43 bits per heavy atom. The highest BCUT2D eigenvalue weighted by Crippen LogP contribution is 2.32. The molecule has 37 heavy (non-hydrogen) atoms. The monoisotopic (exact) mass is 541 g/mol. The Morgan fingerprint density at radius 1 is 1.11 bits per heavy atom. The van der Waals surface area contributed by atoms with Crippen LogP contribution in [0, 0.1) is 18.8 Å². The van der Waals surface area contributed by atoms with Crippen LogP contribution in [0.4, 0.5) is 0 Å². The molecule has 194 valence electrons. The molecule has 1 N–H and O–H groups in total. The number of nitrogens with zero attached hydrogens (tertiary/aromatic N) is 2. The first-order valence-electron chi connectivity index (χ1n) is 11.7. The third-order valence-corrected chi connectivity index (χ3v) is 5.61. The quantitative estimate of drug-likeness (QED) is 0.238. The highest BCUT2D eigenvalue weighted by Gasteiger charge is 2.25. The Labute approximate surface area is 227 Å². The number of carbonyl (C=O) groups excluding carboxylic acids is 2. The van der Waals surface area contributed by atoms with Crippen molar-refractivity contribution in [3.8, 4) is 28.8 Å². The smallest absolute Gasteiger partial charge is 0.332 e. The van der Waals surface area contributed by atoms with Gasteiger partial charge in [-0.2, -0.15) is 5.10 Å². The molecule has 0 aliphatic rings. The van der Waals surface area contributed by atoms with Gasteiger partial charge in [0.1, 0.15) is 13.2 Å². The maximum Gasteiger partial charge on any atom is 0.332 e. The molecule has 3 aromatic rings. The minimum atomic E-state index is -0.432. The van der Waals surface area contributed by atoms with Crippen LogP contribution < -0.4 is 5.32 Å². The standard InChI is InChI=1S/C28H29Cl2N3O4/c1-6-37-24(34)17-36-15-7-8-19-9-14-23(22(30)16-19)33-26(20-10-12-21(29)13-11-20)18(2)25(32-33)27(35)31-28(3,4)5/h9-14,16H,6,15,17H2,1-5H3,(H,31,35). The molecule has 9 heteroatoms. The predicted molar refractivity (Wildman–Crippen MR) is 145 cm³/mol. The second kappa shape index (κ2) is 12.3. The summed E-state index contributed by atoms with van der Waals surface area (Å²) >= 11 is 12.8. The van der Waals surface area contributed by atoms with Gasteiger partial charge in [0.2, 0.25) is 0 Å². The lowest BCUT2D eigenvalue weighted by Crippen LogP contribution is -2.41. The Hall–Kier alpha value is -3.31. The van der Waals surface area contributed by atoms with Crippen LogP contribution in [0.25, 0.3) is 16.9 Å². The molecule has 2 aromatic carbocycles. The number of benzene rings is 2. The fraction of sp³-hybridized carbons (Fsp3) is 0.321. The lowest BCUT2D eigenvalue weighted by Gasteiger charge is -2.19. The van der Waals surface area contributed by atoms with Crippen molar-refractivity contribution in [2.45, 2.75) is 40.2 Å². The van der Waals surface area contributed by atoms with E-state index in [1.807, 2.05) is 39.8 Å². The van der Waals surface area contributed by atoms with Crippen LogP contribution in [-0.2, 0) is 14.3 Å². The zero-order valence-electron chi connectivity index (χ0n) is 21.4. The van der Waals surface area contributed by atoms with E-state index in [2.05, 4.69) is 22.3 Å². The zero-order valence-corrected chi connectivity index (χ0v) is 23.0. The average Bonchev–Trinajstić information content (AvgIpc) is 3.15. The predicted octanol–water partition coefficient (Wildman–Crippen LogP) is 5.61. The van der Waals surface area contributed by atoms with Crippen LogP contribution in [0.5, 0.6) is 0 Å². The molecule has 0 fully saturated rings. The van der Waals surface area contributed by atoms with Crippen LogP contribution >= 0.6 is 23.2 Å². The lowest BCUT2D eigenvalue weighted by molar-refractivity contribution is -0.147. The van der Waals surface area contributed by atoms with Crippen molar-refractivity contribution in [1.82, 2.24) is 15.1 Å². The van der Waals surface area contributed by atoms with Crippen molar-refractivity contribution in [1.29, 1.82) is 0 Å². The van der Waals surface area contributed by atoms with E-state index in [0.717, 1.165) is 11.3 Å². The molecule has 0 radical (unpaired) electrons. The fourth-order valence-electron chi connectivity index (χ4n) is 3.51. The molecule has 0 bridgehead atoms. The van der Waals surface area contributed by atoms with Crippen LogP contribution in [-0.4, -0.2) is 47.0 Å². The number of ether oxygens (including phenoxy) is 2. The van der Waals surface area contributed by atoms with Gasteiger partial charge in [-0.3, -0.25) is 4.79 Å². The van der Waals surface area contributed by atoms with E-state index in [4.69, 9.17) is 32.7 Å². The molecule has 1 heterocycles. The van der Waals surface area contributed by atoms with E-state index >= 15 is 0 Å². The minimum Gasteiger partial charge on any atom is -0.464 e. The van der Waals surface area contributed by atoms with E-state index in [-0.39, 0.29) is 19.1 Å². The first-order valence-corrected chi connectivity index (χ1v) is 12.5. The molecule has 0 saturated heterocycles. The lowest BCUT2D eigenvalue weighted by atomic mass is 10.0. The van der Waals surface area contributed by atoms with E-state index in [9.17, 15) is 9.59 Å². The van der Waals surface area contributed by atoms with Gasteiger partial charge < -0.3 is 14.8 Å². The first kappa shape index (κ1) is 28.3. The second-order valence-electron chi connectivity index (χ2n) is 9.21. The normalized spacial score (nSPS) is 11.0. The molecule has 0 spiro atoms. The number of nitrogens with one attached hydrogen (secondary N) is 1. The van der Waals surface area contributed by atoms with Gasteiger partial charge >= 0.3 is 5.97 Å². The van der Waals surface area contributed by atoms with Crippen LogP contribution in [0.1, 0.15) is 49.3 Å². The summed E-state index contributed by atoms with van der Waals surface area (Å²) in [5, 5.41) is 8.64. The van der Waals surface area contributed by atoms with Gasteiger partial charge in [-0.25, -0.2) is 9.48 Å². The van der Waals surface area contributed by atoms with E-state index in [1.54, 1.807) is 41.9 Å². The van der Waals surface area contributed by atoms with Crippen molar-refractivity contribution in [2.24, 2.45) is 0 Å². The number of halogens is 2. The molecule has 0 unspecified atom stereocenters. The van der Waals surface area contributed by atoms with Crippen LogP contribution in [0.2, 0.25) is 10.0 Å². The fourth-order valence-corrected chi connectivity index (χ4v) is 3.90. The summed E-state index contributed by atoms with van der Waals surface area (Å²) in [6.07, 6.45) is 0. The van der Waals surface area contributed by atoms with Crippen molar-refractivity contribution in [3.63, 3.8) is 0 Å². The highest BCUT2D eigenvalue weighted by molar-refractivity contribution is 6.32. The van der Waals surface area contributed by atoms with Crippen molar-refractivity contribution in [3.05, 3.63) is 69.3 Å². The molecule has 3 rings (SSSR count). The van der Waals surface area contributed by atoms with Gasteiger partial charge in [0.15, 0.2) is 5.69 Å². The number of aromatic nitrogens is 2. The minimum absolute atomic E-state index is 0.0729. The summed E-state index contributed by atoms with van der Waals surface area (Å²) in [4.78, 5) is 24.4. The van der Waals surface area contributed by atoms with Crippen LogP contribution in [0.3, 0.4) is 0 Å². The molecule has 0 atom stereocenters. The Kier molecular flexibility index (Phi) is 9.39. The number of esters is 1. The Balaban J connectivity index is 1.95. The topological polar surface area (TPSA) is 82.5 Å². The molecule has 0 aliphatic carbocycles. The number of amides is 1. The summed E-state index contributed by atoms with van der Waals surface area (Å²) in [5.74, 6) is 5.10. The summed E-state index contributed by atoms with van der Waals surface area (Å²) in [6, 6.07) is 12.6. The zero-order chi connectivity index (χ0) is 27.2. The molecule has 0 aliphatic heterocycles. The average molecular weight is 542 g/mol. The summed E-state index contributed by atoms with van der Waals surface area (Å²) < 4.78 is 11.7. The molecule has 0 saturated carbocycles. The number of carbonyl (C=O) groups is 2. The molecule has 1 aromatic heterocycles. The van der Waals surface area contributed by atoms with Gasteiger partial charge in [-0.1, -0.05) is 47.2 Å². The largest absolute Gasteiger partial charge is 0.464 e. The first-order chi connectivity index (χ1) is 17.5. The third kappa shape index (κ3) is 7.59. The molecule has 1 amide bonds. The summed E-state index contributed by atoms with van der Waals surface area (Å²) in [6.45, 7) is 9.55. The van der Waals surface area contributed by atoms with Gasteiger partial charge in [0, 0.05) is 27.3 Å². The van der Waals surface area contributed by atoms with Gasteiger partial charge in [-0.05, 0) is 65.0 Å². The number of rotatable bonds is 7. The van der Waals surface area contributed by atoms with Crippen molar-refractivity contribution < 1.29 is 19.1 Å². The SMILES string of the molecule is CCOC(=O)COCC#Cc1ccc(-n2nc(C(=O)NC(C)(C)C)c(C)c2-c2ccc(Cl)cc2)c(Cl)c1. The van der Waals surface area contributed by atoms with E-state index in [0.29, 0.717) is 39.2 Å². The van der Waals surface area contributed by atoms with Crippen molar-refractivity contribution in [2.75, 3.05) is 19.8 Å². The molecular formula is C28H29Cl2N3O4. The highest BCUT2D eigenvalue weighted by atomic mass is 35.5. The van der Waals surface area contributed by atoms with Crippen LogP contribution in [0.15, 0.2) is 42.5 Å². The van der Waals surface area contributed by atoms with E-state index in [1.165, 1.54) is 0 Å². The van der Waals surface area contributed by atoms with Gasteiger partial charge in [0.05, 0.1) is 23.0 Å². The Bertz CT molecular complexity index is 1350. The maximum atomic E-state index is 13.1. The maximum absolute atomic E-state index is 13.1. The number of hydrogen-bond donors (Lipinski definition) is 1. The van der Waals surface area contributed by atoms with E-state index < -0.39 is 11.5 Å². The Morgan fingerprint density at radius 2 is 1.81 bits per heavy atom. The number of hydrogen-bond acceptors (Lipinski definition) is 5. The molecule has 7 nitrogen and oxygen atoms in total. The molecular weight excluding hydrogens is 513 g/mol. The second-order valence-corrected chi connectivity index (χ2v) is 10.1. The van der Waals surface area contributed by atoms with Gasteiger partial charge in [0.25, 0.3) is 5.91 Å².